The average Bonchev–Trinajstić information content (AvgIpc) is 3.29. The van der Waals surface area contributed by atoms with Crippen molar-refractivity contribution >= 4 is 11.0 Å². The number of likely N-dealkylation sites (tertiary alicyclic amines) is 1. The predicted molar refractivity (Wildman–Crippen MR) is 114 cm³/mol. The van der Waals surface area contributed by atoms with Gasteiger partial charge in [-0.1, -0.05) is 12.5 Å². The summed E-state index contributed by atoms with van der Waals surface area (Å²) in [7, 11) is 0. The van der Waals surface area contributed by atoms with E-state index in [-0.39, 0.29) is 5.69 Å². The Balaban J connectivity index is 1.67. The molecule has 0 bridgehead atoms. The maximum Gasteiger partial charge on any atom is 0.329 e. The molecule has 0 radical (unpaired) electrons. The Morgan fingerprint density at radius 1 is 1.04 bits per heavy atom. The van der Waals surface area contributed by atoms with Crippen LogP contribution in [0.5, 0.6) is 0 Å². The number of fused-ring (bicyclic) bond motifs is 1. The molecule has 0 saturated carbocycles. The van der Waals surface area contributed by atoms with E-state index in [1.165, 1.54) is 32.4 Å². The van der Waals surface area contributed by atoms with Gasteiger partial charge in [0.15, 0.2) is 0 Å². The zero-order valence-corrected chi connectivity index (χ0v) is 17.3. The molecule has 1 aromatic carbocycles. The van der Waals surface area contributed by atoms with Gasteiger partial charge in [-0.2, -0.15) is 0 Å². The molecule has 0 amide bonds. The molecule has 6 heteroatoms. The summed E-state index contributed by atoms with van der Waals surface area (Å²) in [6.45, 7) is 11.1. The summed E-state index contributed by atoms with van der Waals surface area (Å²) in [5.74, 6) is 0. The van der Waals surface area contributed by atoms with Crippen LogP contribution in [-0.2, 0) is 19.6 Å². The van der Waals surface area contributed by atoms with Crippen LogP contribution in [0.25, 0.3) is 22.3 Å². The Morgan fingerprint density at radius 3 is 2.46 bits per heavy atom. The van der Waals surface area contributed by atoms with E-state index in [4.69, 9.17) is 0 Å². The van der Waals surface area contributed by atoms with Crippen LogP contribution >= 0.6 is 0 Å². The molecule has 3 aromatic rings. The molecule has 3 heterocycles. The lowest BCUT2D eigenvalue weighted by Crippen LogP contribution is -2.39. The van der Waals surface area contributed by atoms with Gasteiger partial charge in [0.05, 0.1) is 29.3 Å². The molecule has 0 N–H and O–H groups in total. The fraction of sp³-hybridized carbons (Fsp3) is 0.545. The number of benzene rings is 1. The number of piperidine rings is 1. The largest absolute Gasteiger partial charge is 0.329 e. The smallest absolute Gasteiger partial charge is 0.329 e. The van der Waals surface area contributed by atoms with Crippen molar-refractivity contribution in [3.8, 4) is 11.3 Å². The van der Waals surface area contributed by atoms with Crippen molar-refractivity contribution in [1.29, 1.82) is 0 Å². The summed E-state index contributed by atoms with van der Waals surface area (Å²) < 4.78 is 5.96. The van der Waals surface area contributed by atoms with Gasteiger partial charge in [-0.3, -0.25) is 14.0 Å². The van der Waals surface area contributed by atoms with Gasteiger partial charge in [-0.25, -0.2) is 9.78 Å². The van der Waals surface area contributed by atoms with Gasteiger partial charge in [-0.05, 0) is 58.8 Å². The SMILES string of the molecule is CCn1c(=O)n(CC)c2cc(-c3cncn3C[C@H](C)N3CCCCC3)ccc21. The number of hydrogen-bond acceptors (Lipinski definition) is 3. The number of rotatable bonds is 6. The van der Waals surface area contributed by atoms with E-state index >= 15 is 0 Å². The quantitative estimate of drug-likeness (QED) is 0.656. The Morgan fingerprint density at radius 2 is 1.75 bits per heavy atom. The molecule has 6 nitrogen and oxygen atoms in total. The summed E-state index contributed by atoms with van der Waals surface area (Å²) >= 11 is 0. The van der Waals surface area contributed by atoms with Crippen molar-refractivity contribution in [3.63, 3.8) is 0 Å². The molecule has 4 rings (SSSR count). The van der Waals surface area contributed by atoms with Crippen LogP contribution in [0.2, 0.25) is 0 Å². The van der Waals surface area contributed by atoms with Crippen molar-refractivity contribution in [1.82, 2.24) is 23.6 Å². The average molecular weight is 382 g/mol. The maximum atomic E-state index is 12.6. The molecule has 1 aliphatic rings. The third kappa shape index (κ3) is 3.30. The highest BCUT2D eigenvalue weighted by Crippen LogP contribution is 2.25. The molecule has 0 unspecified atom stereocenters. The molecule has 0 spiro atoms. The van der Waals surface area contributed by atoms with Gasteiger partial charge >= 0.3 is 5.69 Å². The van der Waals surface area contributed by atoms with Crippen LogP contribution in [-0.4, -0.2) is 42.7 Å². The van der Waals surface area contributed by atoms with Crippen LogP contribution in [0.4, 0.5) is 0 Å². The second kappa shape index (κ2) is 7.95. The number of aryl methyl sites for hydroxylation is 2. The number of aromatic nitrogens is 4. The van der Waals surface area contributed by atoms with E-state index in [0.717, 1.165) is 28.8 Å². The first-order valence-corrected chi connectivity index (χ1v) is 10.6. The highest BCUT2D eigenvalue weighted by Gasteiger charge is 2.19. The lowest BCUT2D eigenvalue weighted by Gasteiger charge is -2.32. The predicted octanol–water partition coefficient (Wildman–Crippen LogP) is 3.58. The zero-order chi connectivity index (χ0) is 19.7. The van der Waals surface area contributed by atoms with Gasteiger partial charge in [0.25, 0.3) is 0 Å². The van der Waals surface area contributed by atoms with Crippen LogP contribution in [0.1, 0.15) is 40.0 Å². The molecule has 0 aliphatic carbocycles. The van der Waals surface area contributed by atoms with E-state index in [0.29, 0.717) is 19.1 Å². The summed E-state index contributed by atoms with van der Waals surface area (Å²) in [4.78, 5) is 19.7. The Bertz CT molecular complexity index is 1010. The second-order valence-electron chi connectivity index (χ2n) is 7.85. The molecule has 1 saturated heterocycles. The monoisotopic (exact) mass is 381 g/mol. The van der Waals surface area contributed by atoms with Gasteiger partial charge < -0.3 is 4.57 Å². The summed E-state index contributed by atoms with van der Waals surface area (Å²) in [5, 5.41) is 0. The van der Waals surface area contributed by atoms with Gasteiger partial charge in [0.1, 0.15) is 0 Å². The Labute approximate surface area is 166 Å². The molecule has 1 aliphatic heterocycles. The van der Waals surface area contributed by atoms with E-state index < -0.39 is 0 Å². The number of imidazole rings is 2. The summed E-state index contributed by atoms with van der Waals surface area (Å²) in [6, 6.07) is 6.83. The first-order chi connectivity index (χ1) is 13.6. The molecule has 2 aromatic heterocycles. The third-order valence-corrected chi connectivity index (χ3v) is 6.13. The van der Waals surface area contributed by atoms with Crippen molar-refractivity contribution in [2.45, 2.75) is 65.7 Å². The lowest BCUT2D eigenvalue weighted by atomic mass is 10.1. The second-order valence-corrected chi connectivity index (χ2v) is 7.85. The molecular formula is C22H31N5O. The topological polar surface area (TPSA) is 48.0 Å². The van der Waals surface area contributed by atoms with Gasteiger partial charge in [0, 0.05) is 31.2 Å². The van der Waals surface area contributed by atoms with Crippen LogP contribution in [0.3, 0.4) is 0 Å². The maximum absolute atomic E-state index is 12.6. The van der Waals surface area contributed by atoms with E-state index in [1.54, 1.807) is 0 Å². The minimum absolute atomic E-state index is 0.0735. The van der Waals surface area contributed by atoms with E-state index in [1.807, 2.05) is 35.5 Å². The van der Waals surface area contributed by atoms with Crippen LogP contribution < -0.4 is 5.69 Å². The summed E-state index contributed by atoms with van der Waals surface area (Å²) in [6.07, 6.45) is 7.84. The molecule has 150 valence electrons. The molecule has 1 fully saturated rings. The highest BCUT2D eigenvalue weighted by molar-refractivity contribution is 5.82. The fourth-order valence-electron chi connectivity index (χ4n) is 4.56. The van der Waals surface area contributed by atoms with Crippen LogP contribution in [0, 0.1) is 0 Å². The molecule has 1 atom stereocenters. The standard InChI is InChI=1S/C22H31N5O/c1-4-26-19-10-9-18(13-20(19)27(5-2)22(26)28)21-14-23-16-25(21)15-17(3)24-11-7-6-8-12-24/h9-10,13-14,16-17H,4-8,11-12,15H2,1-3H3/t17-/m0/s1. The Hall–Kier alpha value is -2.34. The van der Waals surface area contributed by atoms with Crippen LogP contribution in [0.15, 0.2) is 35.5 Å². The first kappa shape index (κ1) is 19.0. The minimum atomic E-state index is 0.0735. The van der Waals surface area contributed by atoms with Crippen molar-refractivity contribution < 1.29 is 0 Å². The van der Waals surface area contributed by atoms with Crippen molar-refractivity contribution in [2.75, 3.05) is 13.1 Å². The number of nitrogens with zero attached hydrogens (tertiary/aromatic N) is 5. The third-order valence-electron chi connectivity index (χ3n) is 6.13. The van der Waals surface area contributed by atoms with Crippen molar-refractivity contribution in [3.05, 3.63) is 41.2 Å². The van der Waals surface area contributed by atoms with Gasteiger partial charge in [-0.15, -0.1) is 0 Å². The molecule has 28 heavy (non-hydrogen) atoms. The lowest BCUT2D eigenvalue weighted by molar-refractivity contribution is 0.160. The normalized spacial score (nSPS) is 16.7. The van der Waals surface area contributed by atoms with Crippen molar-refractivity contribution in [2.24, 2.45) is 0 Å². The van der Waals surface area contributed by atoms with E-state index in [2.05, 4.69) is 39.6 Å². The highest BCUT2D eigenvalue weighted by atomic mass is 16.1. The fourth-order valence-corrected chi connectivity index (χ4v) is 4.56. The summed E-state index contributed by atoms with van der Waals surface area (Å²) in [5.41, 5.74) is 4.32. The minimum Gasteiger partial charge on any atom is -0.329 e. The van der Waals surface area contributed by atoms with Gasteiger partial charge in [0.2, 0.25) is 0 Å². The molecular weight excluding hydrogens is 350 g/mol. The zero-order valence-electron chi connectivity index (χ0n) is 17.3. The Kier molecular flexibility index (Phi) is 5.40. The number of hydrogen-bond donors (Lipinski definition) is 0. The first-order valence-electron chi connectivity index (χ1n) is 10.6. The van der Waals surface area contributed by atoms with E-state index in [9.17, 15) is 4.79 Å².